The maximum atomic E-state index is 5.24. The van der Waals surface area contributed by atoms with Gasteiger partial charge in [0.25, 0.3) is 0 Å². The molecule has 0 saturated heterocycles. The van der Waals surface area contributed by atoms with Crippen molar-refractivity contribution in [2.75, 3.05) is 54.5 Å². The molecule has 18 heavy (non-hydrogen) atoms. The highest BCUT2D eigenvalue weighted by atomic mass is 28.2. The normalized spacial score (nSPS) is 12.7. The lowest BCUT2D eigenvalue weighted by molar-refractivity contribution is -0.0441. The van der Waals surface area contributed by atoms with Gasteiger partial charge in [0.2, 0.25) is 0 Å². The van der Waals surface area contributed by atoms with Crippen LogP contribution >= 0.6 is 0 Å². The van der Waals surface area contributed by atoms with Crippen LogP contribution in [0.2, 0.25) is 6.04 Å². The summed E-state index contributed by atoms with van der Waals surface area (Å²) in [5, 5.41) is 0. The van der Waals surface area contributed by atoms with Gasteiger partial charge < -0.3 is 19.3 Å². The predicted molar refractivity (Wildman–Crippen MR) is 81.1 cm³/mol. The Morgan fingerprint density at radius 3 is 2.11 bits per heavy atom. The van der Waals surface area contributed by atoms with Gasteiger partial charge in [0.15, 0.2) is 0 Å². The van der Waals surface area contributed by atoms with Crippen LogP contribution in [0.5, 0.6) is 0 Å². The van der Waals surface area contributed by atoms with Gasteiger partial charge in [-0.25, -0.2) is 0 Å². The molecule has 5 heteroatoms. The maximum absolute atomic E-state index is 5.24. The van der Waals surface area contributed by atoms with Crippen LogP contribution in [-0.2, 0) is 9.47 Å². The third kappa shape index (κ3) is 10.0. The first-order valence-electron chi connectivity index (χ1n) is 7.06. The Hall–Kier alpha value is 0.0569. The van der Waals surface area contributed by atoms with E-state index in [1.165, 1.54) is 38.5 Å². The van der Waals surface area contributed by atoms with Crippen molar-refractivity contribution in [3.05, 3.63) is 0 Å². The quantitative estimate of drug-likeness (QED) is 0.299. The topological polar surface area (TPSA) is 24.9 Å². The predicted octanol–water partition coefficient (Wildman–Crippen LogP) is 0.814. The fourth-order valence-corrected chi connectivity index (χ4v) is 3.33. The minimum Gasteiger partial charge on any atom is -0.360 e. The second-order valence-corrected chi connectivity index (χ2v) is 6.94. The van der Waals surface area contributed by atoms with Crippen LogP contribution in [0.3, 0.4) is 0 Å². The zero-order chi connectivity index (χ0) is 13.8. The van der Waals surface area contributed by atoms with E-state index in [-0.39, 0.29) is 15.4 Å². The van der Waals surface area contributed by atoms with E-state index in [1.54, 1.807) is 14.2 Å². The standard InChI is InChI=1S/C13H32N2O2Si/c1-6-15(10-7-9-14(2)3)11-8-12-18-13(16-4)17-5/h13H,6-12,18H2,1-5H3. The molecule has 0 amide bonds. The van der Waals surface area contributed by atoms with Gasteiger partial charge in [0.05, 0.1) is 9.52 Å². The number of hydrogen-bond donors (Lipinski definition) is 0. The molecule has 0 aliphatic rings. The molecular weight excluding hydrogens is 244 g/mol. The molecule has 0 aromatic carbocycles. The molecule has 0 radical (unpaired) electrons. The number of hydrogen-bond acceptors (Lipinski definition) is 4. The smallest absolute Gasteiger partial charge is 0.134 e. The molecule has 0 bridgehead atoms. The summed E-state index contributed by atoms with van der Waals surface area (Å²) in [5.41, 5.74) is 0. The Bertz CT molecular complexity index is 178. The molecule has 0 heterocycles. The van der Waals surface area contributed by atoms with Crippen molar-refractivity contribution in [1.29, 1.82) is 0 Å². The number of methoxy groups -OCH3 is 2. The van der Waals surface area contributed by atoms with Crippen molar-refractivity contribution < 1.29 is 9.47 Å². The van der Waals surface area contributed by atoms with Gasteiger partial charge in [-0.2, -0.15) is 0 Å². The molecule has 0 aliphatic carbocycles. The van der Waals surface area contributed by atoms with Crippen molar-refractivity contribution in [2.45, 2.75) is 31.7 Å². The van der Waals surface area contributed by atoms with E-state index in [2.05, 4.69) is 30.8 Å². The highest BCUT2D eigenvalue weighted by molar-refractivity contribution is 6.36. The monoisotopic (exact) mass is 276 g/mol. The van der Waals surface area contributed by atoms with Gasteiger partial charge in [-0.1, -0.05) is 13.0 Å². The van der Waals surface area contributed by atoms with E-state index in [9.17, 15) is 0 Å². The van der Waals surface area contributed by atoms with E-state index in [1.807, 2.05) is 0 Å². The van der Waals surface area contributed by atoms with Crippen molar-refractivity contribution in [1.82, 2.24) is 9.80 Å². The molecule has 0 aromatic rings. The SMILES string of the molecule is CCN(CCC[SiH2]C(OC)OC)CCCN(C)C. The summed E-state index contributed by atoms with van der Waals surface area (Å²) in [7, 11) is 7.51. The molecule has 0 atom stereocenters. The van der Waals surface area contributed by atoms with Gasteiger partial charge in [-0.05, 0) is 53.1 Å². The minimum absolute atomic E-state index is 0.105. The van der Waals surface area contributed by atoms with Crippen LogP contribution in [0.25, 0.3) is 0 Å². The van der Waals surface area contributed by atoms with Crippen molar-refractivity contribution >= 4 is 9.52 Å². The molecule has 0 spiro atoms. The largest absolute Gasteiger partial charge is 0.360 e. The van der Waals surface area contributed by atoms with Gasteiger partial charge in [0, 0.05) is 14.2 Å². The van der Waals surface area contributed by atoms with E-state index in [0.717, 1.165) is 6.54 Å². The van der Waals surface area contributed by atoms with Gasteiger partial charge in [-0.3, -0.25) is 0 Å². The van der Waals surface area contributed by atoms with Crippen LogP contribution in [0, 0.1) is 0 Å². The van der Waals surface area contributed by atoms with Gasteiger partial charge in [-0.15, -0.1) is 0 Å². The number of rotatable bonds is 12. The molecule has 4 nitrogen and oxygen atoms in total. The van der Waals surface area contributed by atoms with Gasteiger partial charge in [0.1, 0.15) is 5.91 Å². The van der Waals surface area contributed by atoms with Crippen LogP contribution < -0.4 is 0 Å². The second kappa shape index (κ2) is 12.1. The Morgan fingerprint density at radius 1 is 1.00 bits per heavy atom. The minimum atomic E-state index is -0.237. The fourth-order valence-electron chi connectivity index (χ4n) is 2.02. The first-order chi connectivity index (χ1) is 8.63. The molecule has 0 aromatic heterocycles. The van der Waals surface area contributed by atoms with Crippen LogP contribution in [-0.4, -0.2) is 79.7 Å². The lowest BCUT2D eigenvalue weighted by Crippen LogP contribution is -2.29. The summed E-state index contributed by atoms with van der Waals surface area (Å²) in [4.78, 5) is 4.80. The Balaban J connectivity index is 3.54. The van der Waals surface area contributed by atoms with Crippen LogP contribution in [0.4, 0.5) is 0 Å². The average molecular weight is 276 g/mol. The third-order valence-corrected chi connectivity index (χ3v) is 5.26. The summed E-state index contributed by atoms with van der Waals surface area (Å²) in [5.74, 6) is 0.105. The average Bonchev–Trinajstić information content (AvgIpc) is 2.36. The molecule has 0 unspecified atom stereocenters. The summed E-state index contributed by atoms with van der Waals surface area (Å²) in [6.07, 6.45) is 2.54. The lowest BCUT2D eigenvalue weighted by atomic mass is 10.3. The highest BCUT2D eigenvalue weighted by Gasteiger charge is 2.06. The molecule has 110 valence electrons. The maximum Gasteiger partial charge on any atom is 0.134 e. The molecule has 0 rings (SSSR count). The lowest BCUT2D eigenvalue weighted by Gasteiger charge is -2.21. The second-order valence-electron chi connectivity index (χ2n) is 4.99. The third-order valence-electron chi connectivity index (χ3n) is 3.22. The van der Waals surface area contributed by atoms with E-state index < -0.39 is 0 Å². The fraction of sp³-hybridized carbons (Fsp3) is 1.00. The van der Waals surface area contributed by atoms with E-state index in [0.29, 0.717) is 0 Å². The molecule has 0 fully saturated rings. The molecule has 0 saturated carbocycles. The summed E-state index contributed by atoms with van der Waals surface area (Å²) < 4.78 is 10.5. The van der Waals surface area contributed by atoms with E-state index >= 15 is 0 Å². The summed E-state index contributed by atoms with van der Waals surface area (Å²) >= 11 is 0. The van der Waals surface area contributed by atoms with Gasteiger partial charge >= 0.3 is 0 Å². The van der Waals surface area contributed by atoms with Crippen LogP contribution in [0.1, 0.15) is 19.8 Å². The molecular formula is C13H32N2O2Si. The van der Waals surface area contributed by atoms with Crippen molar-refractivity contribution in [3.8, 4) is 0 Å². The Labute approximate surface area is 115 Å². The Kier molecular flexibility index (Phi) is 12.1. The molecule has 0 aliphatic heterocycles. The van der Waals surface area contributed by atoms with Crippen molar-refractivity contribution in [3.63, 3.8) is 0 Å². The first-order valence-corrected chi connectivity index (χ1v) is 8.88. The molecule has 0 N–H and O–H groups in total. The zero-order valence-electron chi connectivity index (χ0n) is 12.9. The van der Waals surface area contributed by atoms with Crippen molar-refractivity contribution in [2.24, 2.45) is 0 Å². The summed E-state index contributed by atoms with van der Waals surface area (Å²) in [6, 6.07) is 1.30. The highest BCUT2D eigenvalue weighted by Crippen LogP contribution is 2.00. The Morgan fingerprint density at radius 2 is 1.61 bits per heavy atom. The summed E-state index contributed by atoms with van der Waals surface area (Å²) in [6.45, 7) is 7.03. The number of nitrogens with zero attached hydrogens (tertiary/aromatic N) is 2. The van der Waals surface area contributed by atoms with E-state index in [4.69, 9.17) is 9.47 Å². The first kappa shape index (κ1) is 18.1. The zero-order valence-corrected chi connectivity index (χ0v) is 14.4. The number of ether oxygens (including phenoxy) is 2. The van der Waals surface area contributed by atoms with Crippen LogP contribution in [0.15, 0.2) is 0 Å².